The van der Waals surface area contributed by atoms with E-state index in [0.717, 1.165) is 23.5 Å². The summed E-state index contributed by atoms with van der Waals surface area (Å²) < 4.78 is 24.8. The quantitative estimate of drug-likeness (QED) is 0.786. The van der Waals surface area contributed by atoms with Gasteiger partial charge < -0.3 is 24.4 Å². The second-order valence-electron chi connectivity index (χ2n) is 7.36. The third-order valence-electron chi connectivity index (χ3n) is 5.50. The number of nitrogens with zero attached hydrogens (tertiary/aromatic N) is 3. The first-order valence-corrected chi connectivity index (χ1v) is 10.5. The lowest BCUT2D eigenvalue weighted by Crippen LogP contribution is -2.49. The first-order valence-electron chi connectivity index (χ1n) is 9.67. The van der Waals surface area contributed by atoms with E-state index in [-0.39, 0.29) is 18.9 Å². The summed E-state index contributed by atoms with van der Waals surface area (Å²) >= 11 is 1.40. The number of carbonyl (C=O) groups excluding carboxylic acids is 1. The molecule has 2 aliphatic heterocycles. The van der Waals surface area contributed by atoms with Crippen molar-refractivity contribution in [1.29, 1.82) is 0 Å². The average molecular weight is 424 g/mol. The number of morpholine rings is 1. The Labute approximate surface area is 172 Å². The van der Waals surface area contributed by atoms with E-state index in [2.05, 4.69) is 15.2 Å². The smallest absolute Gasteiger partial charge is 0.323 e. The molecule has 4 rings (SSSR count). The molecule has 2 aromatic rings. The number of aliphatic hydroxyl groups is 1. The third-order valence-corrected chi connectivity index (χ3v) is 6.49. The second kappa shape index (κ2) is 8.29. The number of hydrogen-bond donors (Lipinski definition) is 2. The molecule has 0 aliphatic carbocycles. The van der Waals surface area contributed by atoms with Gasteiger partial charge in [0.15, 0.2) is 5.13 Å². The molecule has 2 amide bonds. The van der Waals surface area contributed by atoms with Gasteiger partial charge in [0.1, 0.15) is 17.9 Å². The minimum atomic E-state index is -1.31. The summed E-state index contributed by atoms with van der Waals surface area (Å²) in [5, 5.41) is 13.3. The van der Waals surface area contributed by atoms with Crippen LogP contribution in [0.2, 0.25) is 0 Å². The molecule has 2 aliphatic rings. The first-order chi connectivity index (χ1) is 14.0. The Morgan fingerprint density at radius 3 is 2.72 bits per heavy atom. The van der Waals surface area contributed by atoms with E-state index in [1.54, 1.807) is 12.0 Å². The van der Waals surface area contributed by atoms with Crippen LogP contribution in [0.5, 0.6) is 5.75 Å². The Kier molecular flexibility index (Phi) is 5.75. The van der Waals surface area contributed by atoms with Gasteiger partial charge in [0.25, 0.3) is 0 Å². The maximum absolute atomic E-state index is 12.9. The highest BCUT2D eigenvalue weighted by Gasteiger charge is 2.34. The number of urea groups is 1. The monoisotopic (exact) mass is 423 g/mol. The van der Waals surface area contributed by atoms with Crippen molar-refractivity contribution in [2.45, 2.75) is 18.4 Å². The number of halogens is 1. The molecule has 2 fully saturated rings. The summed E-state index contributed by atoms with van der Waals surface area (Å²) in [6, 6.07) is 3.61. The molecule has 0 atom stereocenters. The standard InChI is InChI=1S/C19H25FN4O4S/c1-27-14-3-2-13(23-8-10-28-11-9-23)16-15(14)21-17(29-16)22-18(25)24-6-4-19(26,12-20)5-7-24/h2-3,26H,4-12H2,1H3,(H,21,22,25)/i20-1. The number of likely N-dealkylation sites (tertiary alicyclic amines) is 1. The molecule has 2 N–H and O–H groups in total. The summed E-state index contributed by atoms with van der Waals surface area (Å²) in [6.07, 6.45) is 0.456. The van der Waals surface area contributed by atoms with Crippen LogP contribution in [-0.4, -0.2) is 79.8 Å². The summed E-state index contributed by atoms with van der Waals surface area (Å²) in [7, 11) is 1.60. The molecular formula is C19H25FN4O4S. The number of thiazole rings is 1. The lowest BCUT2D eigenvalue weighted by molar-refractivity contribution is -0.0293. The molecule has 2 saturated heterocycles. The van der Waals surface area contributed by atoms with Gasteiger partial charge in [0.05, 0.1) is 36.3 Å². The van der Waals surface area contributed by atoms with E-state index in [9.17, 15) is 14.3 Å². The Balaban J connectivity index is 1.54. The fraction of sp³-hybridized carbons (Fsp3) is 0.579. The Bertz CT molecular complexity index is 878. The number of methoxy groups -OCH3 is 1. The molecule has 29 heavy (non-hydrogen) atoms. The molecule has 3 heterocycles. The maximum atomic E-state index is 12.9. The third kappa shape index (κ3) is 4.10. The molecule has 0 radical (unpaired) electrons. The van der Waals surface area contributed by atoms with Crippen molar-refractivity contribution in [3.8, 4) is 5.75 Å². The van der Waals surface area contributed by atoms with Crippen LogP contribution in [0.15, 0.2) is 12.1 Å². The van der Waals surface area contributed by atoms with E-state index < -0.39 is 12.3 Å². The Morgan fingerprint density at radius 1 is 1.34 bits per heavy atom. The van der Waals surface area contributed by atoms with Crippen LogP contribution in [0, 0.1) is 0 Å². The lowest BCUT2D eigenvalue weighted by Gasteiger charge is -2.36. The SMILES string of the molecule is COc1ccc(N2CCOCC2)c2sc(NC(=O)N3CCC(O)(C[18F])CC3)nc12. The predicted molar refractivity (Wildman–Crippen MR) is 110 cm³/mol. The minimum Gasteiger partial charge on any atom is -0.494 e. The fourth-order valence-electron chi connectivity index (χ4n) is 3.67. The van der Waals surface area contributed by atoms with Crippen LogP contribution in [0.25, 0.3) is 10.2 Å². The minimum absolute atomic E-state index is 0.228. The van der Waals surface area contributed by atoms with E-state index >= 15 is 0 Å². The molecule has 0 bridgehead atoms. The molecule has 1 aromatic carbocycles. The first kappa shape index (κ1) is 20.1. The van der Waals surface area contributed by atoms with Crippen LogP contribution >= 0.6 is 11.3 Å². The van der Waals surface area contributed by atoms with Crippen molar-refractivity contribution < 1.29 is 23.8 Å². The van der Waals surface area contributed by atoms with Crippen molar-refractivity contribution in [3.05, 3.63) is 12.1 Å². The van der Waals surface area contributed by atoms with Crippen LogP contribution < -0.4 is 15.0 Å². The average Bonchev–Trinajstić information content (AvgIpc) is 3.17. The molecule has 158 valence electrons. The molecular weight excluding hydrogens is 398 g/mol. The van der Waals surface area contributed by atoms with Crippen molar-refractivity contribution >= 4 is 38.4 Å². The number of carbonyl (C=O) groups is 1. The molecule has 1 aromatic heterocycles. The number of ether oxygens (including phenoxy) is 2. The molecule has 10 heteroatoms. The van der Waals surface area contributed by atoms with E-state index in [0.29, 0.717) is 42.7 Å². The van der Waals surface area contributed by atoms with Crippen molar-refractivity contribution in [2.24, 2.45) is 0 Å². The number of piperidine rings is 1. The zero-order chi connectivity index (χ0) is 20.4. The molecule has 0 unspecified atom stereocenters. The highest BCUT2D eigenvalue weighted by atomic mass is 32.1. The highest BCUT2D eigenvalue weighted by molar-refractivity contribution is 7.23. The number of fused-ring (bicyclic) bond motifs is 1. The largest absolute Gasteiger partial charge is 0.494 e. The van der Waals surface area contributed by atoms with Gasteiger partial charge in [-0.05, 0) is 25.0 Å². The molecule has 0 saturated carbocycles. The second-order valence-corrected chi connectivity index (χ2v) is 8.36. The van der Waals surface area contributed by atoms with Gasteiger partial charge >= 0.3 is 6.03 Å². The zero-order valence-electron chi connectivity index (χ0n) is 16.3. The van der Waals surface area contributed by atoms with Crippen molar-refractivity contribution in [2.75, 3.05) is 63.4 Å². The summed E-state index contributed by atoms with van der Waals surface area (Å²) in [4.78, 5) is 21.0. The Hall–Kier alpha value is -2.17. The number of nitrogens with one attached hydrogen (secondary N) is 1. The van der Waals surface area contributed by atoms with Crippen molar-refractivity contribution in [1.82, 2.24) is 9.88 Å². The number of benzene rings is 1. The molecule has 8 nitrogen and oxygen atoms in total. The summed E-state index contributed by atoms with van der Waals surface area (Å²) in [6.45, 7) is 2.77. The number of hydrogen-bond acceptors (Lipinski definition) is 7. The summed E-state index contributed by atoms with van der Waals surface area (Å²) in [5.41, 5.74) is 0.447. The van der Waals surface area contributed by atoms with Crippen LogP contribution in [-0.2, 0) is 4.74 Å². The zero-order valence-corrected chi connectivity index (χ0v) is 17.1. The number of anilines is 2. The normalized spacial score (nSPS) is 19.4. The van der Waals surface area contributed by atoms with Gasteiger partial charge in [-0.2, -0.15) is 0 Å². The van der Waals surface area contributed by atoms with Crippen molar-refractivity contribution in [3.63, 3.8) is 0 Å². The fourth-order valence-corrected chi connectivity index (χ4v) is 4.68. The maximum Gasteiger partial charge on any atom is 0.323 e. The van der Waals surface area contributed by atoms with Gasteiger partial charge in [-0.3, -0.25) is 5.32 Å². The van der Waals surface area contributed by atoms with Gasteiger partial charge in [-0.15, -0.1) is 0 Å². The van der Waals surface area contributed by atoms with Gasteiger partial charge in [0, 0.05) is 26.2 Å². The van der Waals surface area contributed by atoms with Gasteiger partial charge in [0.2, 0.25) is 0 Å². The number of amides is 2. The Morgan fingerprint density at radius 2 is 2.07 bits per heavy atom. The number of rotatable bonds is 4. The van der Waals surface area contributed by atoms with E-state index in [1.807, 2.05) is 12.1 Å². The topological polar surface area (TPSA) is 87.2 Å². The van der Waals surface area contributed by atoms with Crippen LogP contribution in [0.1, 0.15) is 12.8 Å². The lowest BCUT2D eigenvalue weighted by atomic mass is 9.93. The molecule has 0 spiro atoms. The summed E-state index contributed by atoms with van der Waals surface area (Å²) in [5.74, 6) is 0.653. The number of alkyl halides is 1. The van der Waals surface area contributed by atoms with Gasteiger partial charge in [-0.25, -0.2) is 14.2 Å². The van der Waals surface area contributed by atoms with E-state index in [4.69, 9.17) is 9.47 Å². The van der Waals surface area contributed by atoms with E-state index in [1.165, 1.54) is 11.3 Å². The van der Waals surface area contributed by atoms with Crippen LogP contribution in [0.4, 0.5) is 20.0 Å². The highest BCUT2D eigenvalue weighted by Crippen LogP contribution is 2.39. The van der Waals surface area contributed by atoms with Crippen LogP contribution in [0.3, 0.4) is 0 Å². The number of aromatic nitrogens is 1. The predicted octanol–water partition coefficient (Wildman–Crippen LogP) is 2.47. The van der Waals surface area contributed by atoms with Gasteiger partial charge in [-0.1, -0.05) is 11.3 Å².